The van der Waals surface area contributed by atoms with Crippen molar-refractivity contribution in [3.8, 4) is 0 Å². The number of rotatable bonds is 6. The van der Waals surface area contributed by atoms with Crippen LogP contribution >= 0.6 is 33.9 Å². The molecule has 1 heterocycles. The second kappa shape index (κ2) is 7.75. The highest BCUT2D eigenvalue weighted by Crippen LogP contribution is 2.19. The van der Waals surface area contributed by atoms with Crippen molar-refractivity contribution >= 4 is 39.8 Å². The van der Waals surface area contributed by atoms with E-state index in [1.807, 2.05) is 46.7 Å². The zero-order valence-corrected chi connectivity index (χ0v) is 14.1. The lowest BCUT2D eigenvalue weighted by Crippen LogP contribution is -2.32. The maximum absolute atomic E-state index is 12.6. The number of hydrogen-bond donors (Lipinski definition) is 1. The van der Waals surface area contributed by atoms with E-state index < -0.39 is 0 Å². The molecule has 106 valence electrons. The van der Waals surface area contributed by atoms with Crippen LogP contribution in [0.25, 0.3) is 0 Å². The molecule has 0 aliphatic heterocycles. The molecule has 0 unspecified atom stereocenters. The van der Waals surface area contributed by atoms with E-state index in [-0.39, 0.29) is 5.91 Å². The molecule has 2 rings (SSSR count). The molecule has 1 aromatic carbocycles. The van der Waals surface area contributed by atoms with Crippen molar-refractivity contribution in [2.24, 2.45) is 5.73 Å². The van der Waals surface area contributed by atoms with Gasteiger partial charge >= 0.3 is 0 Å². The molecule has 0 fully saturated rings. The first-order valence-corrected chi connectivity index (χ1v) is 8.44. The van der Waals surface area contributed by atoms with E-state index in [9.17, 15) is 4.79 Å². The van der Waals surface area contributed by atoms with Crippen molar-refractivity contribution in [2.75, 3.05) is 13.1 Å². The first-order valence-electron chi connectivity index (χ1n) is 6.48. The lowest BCUT2D eigenvalue weighted by Gasteiger charge is -2.22. The van der Waals surface area contributed by atoms with Crippen LogP contribution in [-0.4, -0.2) is 23.9 Å². The van der Waals surface area contributed by atoms with Gasteiger partial charge in [0, 0.05) is 18.5 Å². The number of carbonyl (C=O) groups excluding carboxylic acids is 1. The summed E-state index contributed by atoms with van der Waals surface area (Å²) in [7, 11) is 0. The molecule has 0 aliphatic carbocycles. The predicted octanol–water partition coefficient (Wildman–Crippen LogP) is 3.34. The minimum atomic E-state index is 0.0847. The Morgan fingerprint density at radius 1 is 1.30 bits per heavy atom. The lowest BCUT2D eigenvalue weighted by atomic mass is 10.2. The normalized spacial score (nSPS) is 10.5. The number of carbonyl (C=O) groups is 1. The van der Waals surface area contributed by atoms with Crippen LogP contribution in [0, 0.1) is 2.88 Å². The summed E-state index contributed by atoms with van der Waals surface area (Å²) in [5.41, 5.74) is 7.49. The largest absolute Gasteiger partial charge is 0.334 e. The summed E-state index contributed by atoms with van der Waals surface area (Å²) in [5, 5.41) is 1.92. The van der Waals surface area contributed by atoms with E-state index in [2.05, 4.69) is 22.6 Å². The molecule has 2 aromatic rings. The monoisotopic (exact) mass is 400 g/mol. The number of thiophene rings is 1. The number of hydrogen-bond acceptors (Lipinski definition) is 3. The lowest BCUT2D eigenvalue weighted by molar-refractivity contribution is 0.0743. The highest BCUT2D eigenvalue weighted by molar-refractivity contribution is 14.1. The standard InChI is InChI=1S/C15H17IN2OS/c16-14-9-13(11-20-14)15(19)18(8-4-7-17)10-12-5-2-1-3-6-12/h1-3,5-6,9,11H,4,7-8,10,17H2. The van der Waals surface area contributed by atoms with Gasteiger partial charge in [0.15, 0.2) is 0 Å². The smallest absolute Gasteiger partial charge is 0.255 e. The fourth-order valence-electron chi connectivity index (χ4n) is 1.94. The van der Waals surface area contributed by atoms with Crippen molar-refractivity contribution in [3.63, 3.8) is 0 Å². The first kappa shape index (κ1) is 15.5. The quantitative estimate of drug-likeness (QED) is 0.757. The van der Waals surface area contributed by atoms with E-state index in [4.69, 9.17) is 5.73 Å². The van der Waals surface area contributed by atoms with Crippen LogP contribution in [0.2, 0.25) is 0 Å². The van der Waals surface area contributed by atoms with E-state index in [1.54, 1.807) is 11.3 Å². The third-order valence-corrected chi connectivity index (χ3v) is 4.74. The van der Waals surface area contributed by atoms with E-state index in [0.717, 1.165) is 20.4 Å². The average molecular weight is 400 g/mol. The molecule has 0 spiro atoms. The van der Waals surface area contributed by atoms with Crippen molar-refractivity contribution in [1.29, 1.82) is 0 Å². The molecule has 0 saturated carbocycles. The SMILES string of the molecule is NCCCN(Cc1ccccc1)C(=O)c1csc(I)c1. The third kappa shape index (κ3) is 4.29. The third-order valence-electron chi connectivity index (χ3n) is 2.95. The van der Waals surface area contributed by atoms with Crippen LogP contribution in [-0.2, 0) is 6.54 Å². The second-order valence-corrected chi connectivity index (χ2v) is 7.30. The second-order valence-electron chi connectivity index (χ2n) is 4.49. The van der Waals surface area contributed by atoms with Gasteiger partial charge in [-0.3, -0.25) is 4.79 Å². The first-order chi connectivity index (χ1) is 9.70. The Balaban J connectivity index is 2.12. The van der Waals surface area contributed by atoms with Crippen LogP contribution in [0.1, 0.15) is 22.3 Å². The van der Waals surface area contributed by atoms with Crippen LogP contribution in [0.4, 0.5) is 0 Å². The average Bonchev–Trinajstić information content (AvgIpc) is 2.90. The summed E-state index contributed by atoms with van der Waals surface area (Å²) in [6.07, 6.45) is 0.819. The molecule has 5 heteroatoms. The Bertz CT molecular complexity index is 556. The molecular weight excluding hydrogens is 383 g/mol. The van der Waals surface area contributed by atoms with Gasteiger partial charge in [-0.15, -0.1) is 11.3 Å². The van der Waals surface area contributed by atoms with Crippen molar-refractivity contribution in [3.05, 3.63) is 55.8 Å². The number of nitrogens with two attached hydrogens (primary N) is 1. The van der Waals surface area contributed by atoms with Crippen molar-refractivity contribution in [1.82, 2.24) is 4.90 Å². The fourth-order valence-corrected chi connectivity index (χ4v) is 3.26. The molecule has 0 saturated heterocycles. The maximum atomic E-state index is 12.6. The van der Waals surface area contributed by atoms with Gasteiger partial charge in [-0.25, -0.2) is 0 Å². The fraction of sp³-hybridized carbons (Fsp3) is 0.267. The molecule has 20 heavy (non-hydrogen) atoms. The topological polar surface area (TPSA) is 46.3 Å². The molecule has 0 radical (unpaired) electrons. The van der Waals surface area contributed by atoms with Crippen LogP contribution < -0.4 is 5.73 Å². The molecule has 3 nitrogen and oxygen atoms in total. The minimum Gasteiger partial charge on any atom is -0.334 e. The Labute approximate surface area is 136 Å². The summed E-state index contributed by atoms with van der Waals surface area (Å²) < 4.78 is 1.13. The van der Waals surface area contributed by atoms with E-state index in [0.29, 0.717) is 19.6 Å². The Morgan fingerprint density at radius 3 is 2.65 bits per heavy atom. The summed E-state index contributed by atoms with van der Waals surface area (Å²) in [4.78, 5) is 14.4. The van der Waals surface area contributed by atoms with Crippen LogP contribution in [0.15, 0.2) is 41.8 Å². The Hall–Kier alpha value is -0.920. The van der Waals surface area contributed by atoms with Gasteiger partial charge in [0.05, 0.1) is 8.45 Å². The van der Waals surface area contributed by atoms with Gasteiger partial charge in [0.2, 0.25) is 0 Å². The number of amides is 1. The minimum absolute atomic E-state index is 0.0847. The molecule has 1 amide bonds. The van der Waals surface area contributed by atoms with Crippen molar-refractivity contribution in [2.45, 2.75) is 13.0 Å². The summed E-state index contributed by atoms with van der Waals surface area (Å²) >= 11 is 3.83. The zero-order valence-electron chi connectivity index (χ0n) is 11.1. The summed E-state index contributed by atoms with van der Waals surface area (Å²) in [5.74, 6) is 0.0847. The molecule has 1 aromatic heterocycles. The Morgan fingerprint density at radius 2 is 2.05 bits per heavy atom. The highest BCUT2D eigenvalue weighted by Gasteiger charge is 2.16. The van der Waals surface area contributed by atoms with Crippen LogP contribution in [0.5, 0.6) is 0 Å². The van der Waals surface area contributed by atoms with Gasteiger partial charge in [0.1, 0.15) is 0 Å². The summed E-state index contributed by atoms with van der Waals surface area (Å²) in [6, 6.07) is 12.0. The number of nitrogens with zero attached hydrogens (tertiary/aromatic N) is 1. The number of halogens is 1. The Kier molecular flexibility index (Phi) is 6.00. The van der Waals surface area contributed by atoms with E-state index >= 15 is 0 Å². The van der Waals surface area contributed by atoms with Crippen molar-refractivity contribution < 1.29 is 4.79 Å². The molecular formula is C15H17IN2OS. The van der Waals surface area contributed by atoms with Gasteiger partial charge in [0.25, 0.3) is 5.91 Å². The van der Waals surface area contributed by atoms with Gasteiger partial charge in [-0.2, -0.15) is 0 Å². The molecule has 0 aliphatic rings. The predicted molar refractivity (Wildman–Crippen MR) is 91.9 cm³/mol. The summed E-state index contributed by atoms with van der Waals surface area (Å²) in [6.45, 7) is 1.92. The van der Waals surface area contributed by atoms with Crippen LogP contribution in [0.3, 0.4) is 0 Å². The van der Waals surface area contributed by atoms with Gasteiger partial charge in [-0.05, 0) is 47.2 Å². The molecule has 0 atom stereocenters. The molecule has 2 N–H and O–H groups in total. The zero-order chi connectivity index (χ0) is 14.4. The number of benzene rings is 1. The highest BCUT2D eigenvalue weighted by atomic mass is 127. The van der Waals surface area contributed by atoms with E-state index in [1.165, 1.54) is 0 Å². The van der Waals surface area contributed by atoms with Gasteiger partial charge < -0.3 is 10.6 Å². The maximum Gasteiger partial charge on any atom is 0.255 e. The molecule has 0 bridgehead atoms. The van der Waals surface area contributed by atoms with Gasteiger partial charge in [-0.1, -0.05) is 30.3 Å².